The summed E-state index contributed by atoms with van der Waals surface area (Å²) in [7, 11) is 1.20. The second kappa shape index (κ2) is 6.81. The van der Waals surface area contributed by atoms with E-state index in [1.54, 1.807) is 18.2 Å². The van der Waals surface area contributed by atoms with Crippen molar-refractivity contribution in [3.8, 4) is 11.6 Å². The number of nitrogens with zero attached hydrogens (tertiary/aromatic N) is 4. The Hall–Kier alpha value is -3.07. The van der Waals surface area contributed by atoms with E-state index in [0.717, 1.165) is 5.56 Å². The average Bonchev–Trinajstić information content (AvgIpc) is 2.99. The van der Waals surface area contributed by atoms with E-state index < -0.39 is 6.09 Å². The third kappa shape index (κ3) is 3.41. The Bertz CT molecular complexity index is 943. The third-order valence-corrected chi connectivity index (χ3v) is 3.80. The molecular weight excluding hydrogens is 350 g/mol. The lowest BCUT2D eigenvalue weighted by Crippen LogP contribution is -2.13. The summed E-state index contributed by atoms with van der Waals surface area (Å²) in [6.07, 6.45) is 0.666. The molecule has 9 nitrogen and oxygen atoms in total. The standard InChI is InChI=1S/C15H14ClN5O4/c1-25-15(24)20-14-18-10-6-17-21(12(10)13(23)19-14)7-9-3-2-8(5-16)4-11(9)22/h2-4,6,22H,5,7H2,1H3,(H2,18,19,20,23,24). The molecule has 130 valence electrons. The fourth-order valence-corrected chi connectivity index (χ4v) is 2.45. The Kier molecular flexibility index (Phi) is 4.57. The van der Waals surface area contributed by atoms with Crippen LogP contribution in [-0.4, -0.2) is 43.2 Å². The second-order valence-corrected chi connectivity index (χ2v) is 5.39. The van der Waals surface area contributed by atoms with Gasteiger partial charge in [0.2, 0.25) is 11.8 Å². The lowest BCUT2D eigenvalue weighted by molar-refractivity contribution is 0.186. The third-order valence-electron chi connectivity index (χ3n) is 3.49. The molecule has 3 aromatic rings. The summed E-state index contributed by atoms with van der Waals surface area (Å²) >= 11 is 5.74. The number of fused-ring (bicyclic) bond motifs is 1. The number of aromatic nitrogens is 4. The van der Waals surface area contributed by atoms with Gasteiger partial charge in [-0.2, -0.15) is 10.1 Å². The van der Waals surface area contributed by atoms with Crippen LogP contribution in [0, 0.1) is 0 Å². The summed E-state index contributed by atoms with van der Waals surface area (Å²) in [6, 6.07) is 5.09. The number of methoxy groups -OCH3 is 1. The maximum atomic E-state index is 11.2. The van der Waals surface area contributed by atoms with Gasteiger partial charge in [0.1, 0.15) is 16.8 Å². The molecule has 1 amide bonds. The highest BCUT2D eigenvalue weighted by molar-refractivity contribution is 6.17. The lowest BCUT2D eigenvalue weighted by Gasteiger charge is -2.08. The van der Waals surface area contributed by atoms with Crippen LogP contribution in [0.2, 0.25) is 0 Å². The van der Waals surface area contributed by atoms with Crippen molar-refractivity contribution >= 4 is 34.7 Å². The van der Waals surface area contributed by atoms with Crippen molar-refractivity contribution in [2.24, 2.45) is 0 Å². The minimum absolute atomic E-state index is 0.0752. The maximum absolute atomic E-state index is 11.2. The molecule has 0 fully saturated rings. The van der Waals surface area contributed by atoms with Crippen LogP contribution in [0.5, 0.6) is 11.6 Å². The zero-order valence-corrected chi connectivity index (χ0v) is 13.9. The minimum Gasteiger partial charge on any atom is -0.508 e. The van der Waals surface area contributed by atoms with Gasteiger partial charge in [0.05, 0.1) is 19.9 Å². The molecule has 1 aromatic carbocycles. The van der Waals surface area contributed by atoms with Gasteiger partial charge in [-0.05, 0) is 11.6 Å². The maximum Gasteiger partial charge on any atom is 0.413 e. The SMILES string of the molecule is COC(=O)Nc1nc(O)c2c(cnn2Cc2ccc(CCl)cc2O)n1. The molecule has 0 aliphatic rings. The van der Waals surface area contributed by atoms with Crippen molar-refractivity contribution < 1.29 is 19.7 Å². The number of carbonyl (C=O) groups is 1. The quantitative estimate of drug-likeness (QED) is 0.607. The van der Waals surface area contributed by atoms with Gasteiger partial charge in [-0.1, -0.05) is 12.1 Å². The van der Waals surface area contributed by atoms with Gasteiger partial charge in [0.25, 0.3) is 0 Å². The van der Waals surface area contributed by atoms with Gasteiger partial charge in [0.15, 0.2) is 0 Å². The van der Waals surface area contributed by atoms with Gasteiger partial charge in [0, 0.05) is 11.4 Å². The largest absolute Gasteiger partial charge is 0.508 e. The summed E-state index contributed by atoms with van der Waals surface area (Å²) in [5, 5.41) is 26.7. The van der Waals surface area contributed by atoms with E-state index in [1.807, 2.05) is 0 Å². The first-order chi connectivity index (χ1) is 12.0. The van der Waals surface area contributed by atoms with Gasteiger partial charge >= 0.3 is 6.09 Å². The Labute approximate surface area is 146 Å². The Morgan fingerprint density at radius 2 is 2.16 bits per heavy atom. The van der Waals surface area contributed by atoms with E-state index in [4.69, 9.17) is 11.6 Å². The van der Waals surface area contributed by atoms with E-state index in [0.29, 0.717) is 17.0 Å². The topological polar surface area (TPSA) is 122 Å². The number of ether oxygens (including phenoxy) is 1. The number of hydrogen-bond donors (Lipinski definition) is 3. The highest BCUT2D eigenvalue weighted by atomic mass is 35.5. The molecule has 2 aromatic heterocycles. The fraction of sp³-hybridized carbons (Fsp3) is 0.200. The molecule has 0 atom stereocenters. The summed E-state index contributed by atoms with van der Waals surface area (Å²) in [6.45, 7) is 0.193. The van der Waals surface area contributed by atoms with Crippen LogP contribution in [0.4, 0.5) is 10.7 Å². The van der Waals surface area contributed by atoms with Crippen molar-refractivity contribution in [2.45, 2.75) is 12.4 Å². The van der Waals surface area contributed by atoms with Gasteiger partial charge in [-0.15, -0.1) is 11.6 Å². The van der Waals surface area contributed by atoms with Crippen LogP contribution in [0.25, 0.3) is 11.0 Å². The predicted octanol–water partition coefficient (Wildman–Crippen LogP) is 2.20. The zero-order chi connectivity index (χ0) is 18.0. The van der Waals surface area contributed by atoms with Gasteiger partial charge in [-0.25, -0.2) is 9.78 Å². The lowest BCUT2D eigenvalue weighted by atomic mass is 10.1. The number of rotatable bonds is 4. The fourth-order valence-electron chi connectivity index (χ4n) is 2.29. The number of anilines is 1. The van der Waals surface area contributed by atoms with Crippen LogP contribution >= 0.6 is 11.6 Å². The molecular formula is C15H14ClN5O4. The van der Waals surface area contributed by atoms with Crippen molar-refractivity contribution in [2.75, 3.05) is 12.4 Å². The molecule has 0 bridgehead atoms. The van der Waals surface area contributed by atoms with Crippen LogP contribution in [0.3, 0.4) is 0 Å². The summed E-state index contributed by atoms with van der Waals surface area (Å²) in [5.41, 5.74) is 1.99. The minimum atomic E-state index is -0.754. The summed E-state index contributed by atoms with van der Waals surface area (Å²) in [5.74, 6) is -0.0916. The molecule has 10 heteroatoms. The van der Waals surface area contributed by atoms with Gasteiger partial charge in [-0.3, -0.25) is 10.00 Å². The molecule has 0 aliphatic carbocycles. The highest BCUT2D eigenvalue weighted by Crippen LogP contribution is 2.26. The molecule has 3 N–H and O–H groups in total. The first-order valence-electron chi connectivity index (χ1n) is 7.16. The molecule has 0 unspecified atom stereocenters. The molecule has 0 radical (unpaired) electrons. The second-order valence-electron chi connectivity index (χ2n) is 5.12. The molecule has 3 rings (SSSR count). The number of hydrogen-bond acceptors (Lipinski definition) is 7. The summed E-state index contributed by atoms with van der Waals surface area (Å²) in [4.78, 5) is 19.1. The number of phenolic OH excluding ortho intramolecular Hbond substituents is 1. The smallest absolute Gasteiger partial charge is 0.413 e. The van der Waals surface area contributed by atoms with E-state index in [9.17, 15) is 15.0 Å². The number of carbonyl (C=O) groups excluding carboxylic acids is 1. The van der Waals surface area contributed by atoms with Crippen LogP contribution < -0.4 is 5.32 Å². The number of nitrogens with one attached hydrogen (secondary N) is 1. The van der Waals surface area contributed by atoms with Crippen molar-refractivity contribution in [3.05, 3.63) is 35.5 Å². The van der Waals surface area contributed by atoms with Crippen LogP contribution in [-0.2, 0) is 17.2 Å². The van der Waals surface area contributed by atoms with E-state index in [2.05, 4.69) is 25.1 Å². The molecule has 0 saturated heterocycles. The monoisotopic (exact) mass is 363 g/mol. The molecule has 25 heavy (non-hydrogen) atoms. The predicted molar refractivity (Wildman–Crippen MR) is 89.8 cm³/mol. The molecule has 0 spiro atoms. The van der Waals surface area contributed by atoms with Crippen molar-refractivity contribution in [1.82, 2.24) is 19.7 Å². The van der Waals surface area contributed by atoms with E-state index in [1.165, 1.54) is 18.0 Å². The zero-order valence-electron chi connectivity index (χ0n) is 13.1. The molecule has 2 heterocycles. The summed E-state index contributed by atoms with van der Waals surface area (Å²) < 4.78 is 5.90. The number of halogens is 1. The molecule has 0 saturated carbocycles. The van der Waals surface area contributed by atoms with Crippen molar-refractivity contribution in [1.29, 1.82) is 0 Å². The van der Waals surface area contributed by atoms with Crippen LogP contribution in [0.15, 0.2) is 24.4 Å². The Balaban J connectivity index is 1.94. The molecule has 0 aliphatic heterocycles. The number of aromatic hydroxyl groups is 2. The highest BCUT2D eigenvalue weighted by Gasteiger charge is 2.15. The number of phenols is 1. The van der Waals surface area contributed by atoms with Crippen LogP contribution in [0.1, 0.15) is 11.1 Å². The Morgan fingerprint density at radius 3 is 2.84 bits per heavy atom. The number of amides is 1. The first kappa shape index (κ1) is 16.8. The normalized spacial score (nSPS) is 10.8. The number of alkyl halides is 1. The average molecular weight is 364 g/mol. The number of benzene rings is 1. The first-order valence-corrected chi connectivity index (χ1v) is 7.69. The van der Waals surface area contributed by atoms with Gasteiger partial charge < -0.3 is 14.9 Å². The van der Waals surface area contributed by atoms with E-state index in [-0.39, 0.29) is 29.6 Å². The van der Waals surface area contributed by atoms with Crippen molar-refractivity contribution in [3.63, 3.8) is 0 Å². The Morgan fingerprint density at radius 1 is 1.36 bits per heavy atom. The van der Waals surface area contributed by atoms with E-state index >= 15 is 0 Å².